The molecular weight excluding hydrogens is 693 g/mol. The van der Waals surface area contributed by atoms with Crippen molar-refractivity contribution >= 4 is 39.3 Å². The highest BCUT2D eigenvalue weighted by Gasteiger charge is 2.40. The van der Waals surface area contributed by atoms with Crippen LogP contribution in [0.2, 0.25) is 0 Å². The minimum absolute atomic E-state index is 0.271. The number of amides is 2. The number of hydrogen-bond acceptors (Lipinski definition) is 6. The van der Waals surface area contributed by atoms with E-state index in [9.17, 15) is 30.6 Å². The molecule has 0 radical (unpaired) electrons. The highest BCUT2D eigenvalue weighted by molar-refractivity contribution is 6.36. The summed E-state index contributed by atoms with van der Waals surface area (Å²) in [6.45, 7) is 0. The number of nitrogens with zero attached hydrogens (tertiary/aromatic N) is 6. The molecule has 1 aliphatic heterocycles. The first kappa shape index (κ1) is 33.3. The van der Waals surface area contributed by atoms with Crippen molar-refractivity contribution in [2.45, 2.75) is 0 Å². The molecule has 9 rings (SSSR count). The second-order valence-corrected chi connectivity index (χ2v) is 13.4. The molecule has 8 aromatic rings. The van der Waals surface area contributed by atoms with Crippen molar-refractivity contribution in [3.63, 3.8) is 0 Å². The Balaban J connectivity index is 1.28. The molecule has 0 bridgehead atoms. The molecule has 0 saturated carbocycles. The van der Waals surface area contributed by atoms with E-state index in [0.29, 0.717) is 44.8 Å². The van der Waals surface area contributed by atoms with Gasteiger partial charge in [-0.15, -0.1) is 0 Å². The first-order valence-electron chi connectivity index (χ1n) is 17.6. The SMILES string of the molecule is N#Cc1cc(C#N)cc(-c2ccc3c(c2)c2cc(-c4cc(C#N)cc(C#N)c4)ccc2n3-c2cccc3c2C(=O)N(c2ccccc2-c2ccccc2)C3=O)c1. The van der Waals surface area contributed by atoms with Crippen LogP contribution in [-0.2, 0) is 0 Å². The molecule has 1 aromatic heterocycles. The lowest BCUT2D eigenvalue weighted by molar-refractivity contribution is 0.0926. The smallest absolute Gasteiger partial charge is 0.268 e. The Labute approximate surface area is 320 Å². The van der Waals surface area contributed by atoms with Gasteiger partial charge in [-0.2, -0.15) is 21.0 Å². The maximum Gasteiger partial charge on any atom is 0.268 e. The number of fused-ring (bicyclic) bond motifs is 4. The Morgan fingerprint density at radius 2 is 0.875 bits per heavy atom. The third kappa shape index (κ3) is 5.27. The van der Waals surface area contributed by atoms with E-state index in [1.165, 1.54) is 4.90 Å². The van der Waals surface area contributed by atoms with Gasteiger partial charge in [0.25, 0.3) is 11.8 Å². The molecule has 1 aliphatic rings. The Bertz CT molecular complexity index is 2990. The predicted octanol–water partition coefficient (Wildman–Crippen LogP) is 10.1. The van der Waals surface area contributed by atoms with E-state index < -0.39 is 11.8 Å². The fraction of sp³-hybridized carbons (Fsp3) is 0. The quantitative estimate of drug-likeness (QED) is 0.163. The molecule has 8 heteroatoms. The summed E-state index contributed by atoms with van der Waals surface area (Å²) >= 11 is 0. The second kappa shape index (κ2) is 13.1. The summed E-state index contributed by atoms with van der Waals surface area (Å²) in [6, 6.07) is 52.5. The minimum Gasteiger partial charge on any atom is -0.308 e. The van der Waals surface area contributed by atoms with E-state index in [1.54, 1.807) is 54.6 Å². The number of para-hydroxylation sites is 1. The summed E-state index contributed by atoms with van der Waals surface area (Å²) in [6.07, 6.45) is 0. The van der Waals surface area contributed by atoms with Crippen molar-refractivity contribution in [1.29, 1.82) is 21.0 Å². The summed E-state index contributed by atoms with van der Waals surface area (Å²) < 4.78 is 1.98. The van der Waals surface area contributed by atoms with Gasteiger partial charge in [0.15, 0.2) is 0 Å². The average molecular weight is 717 g/mol. The molecule has 258 valence electrons. The first-order valence-corrected chi connectivity index (χ1v) is 17.6. The number of aromatic nitrogens is 1. The standard InChI is InChI=1S/C48H24N6O2/c49-25-29-17-30(26-50)20-36(19-29)34-13-15-43-40(23-34)41-24-35(37-21-31(27-51)18-32(22-37)28-52)14-16-44(41)53(43)45-12-6-10-39-46(45)48(56)54(47(39)55)42-11-5-4-9-38(42)33-7-2-1-3-8-33/h1-24H. The average Bonchev–Trinajstić information content (AvgIpc) is 3.72. The minimum atomic E-state index is -0.443. The largest absolute Gasteiger partial charge is 0.308 e. The van der Waals surface area contributed by atoms with Gasteiger partial charge in [-0.3, -0.25) is 9.59 Å². The molecule has 0 atom stereocenters. The highest BCUT2D eigenvalue weighted by atomic mass is 16.2. The molecule has 2 amide bonds. The molecule has 0 spiro atoms. The number of anilines is 1. The van der Waals surface area contributed by atoms with Gasteiger partial charge in [0.2, 0.25) is 0 Å². The maximum atomic E-state index is 14.7. The topological polar surface area (TPSA) is 137 Å². The van der Waals surface area contributed by atoms with Crippen LogP contribution in [0.5, 0.6) is 0 Å². The number of carbonyl (C=O) groups excluding carboxylic acids is 2. The molecule has 8 nitrogen and oxygen atoms in total. The van der Waals surface area contributed by atoms with Crippen molar-refractivity contribution in [1.82, 2.24) is 4.57 Å². The van der Waals surface area contributed by atoms with E-state index >= 15 is 0 Å². The van der Waals surface area contributed by atoms with E-state index in [4.69, 9.17) is 0 Å². The van der Waals surface area contributed by atoms with Crippen LogP contribution in [0.15, 0.2) is 146 Å². The van der Waals surface area contributed by atoms with Gasteiger partial charge in [0.05, 0.1) is 80.1 Å². The van der Waals surface area contributed by atoms with E-state index in [1.807, 2.05) is 95.6 Å². The van der Waals surface area contributed by atoms with Gasteiger partial charge >= 0.3 is 0 Å². The monoisotopic (exact) mass is 716 g/mol. The van der Waals surface area contributed by atoms with Crippen molar-refractivity contribution in [2.24, 2.45) is 0 Å². The van der Waals surface area contributed by atoms with Crippen LogP contribution in [0, 0.1) is 45.3 Å². The number of hydrogen-bond donors (Lipinski definition) is 0. The molecule has 56 heavy (non-hydrogen) atoms. The molecule has 0 aliphatic carbocycles. The molecule has 7 aromatic carbocycles. The highest BCUT2D eigenvalue weighted by Crippen LogP contribution is 2.42. The van der Waals surface area contributed by atoms with Crippen molar-refractivity contribution in [3.05, 3.63) is 179 Å². The normalized spacial score (nSPS) is 11.9. The van der Waals surface area contributed by atoms with Gasteiger partial charge in [0, 0.05) is 16.3 Å². The van der Waals surface area contributed by atoms with Crippen LogP contribution in [0.25, 0.3) is 60.9 Å². The lowest BCUT2D eigenvalue weighted by Gasteiger charge is -2.18. The van der Waals surface area contributed by atoms with Crippen LogP contribution >= 0.6 is 0 Å². The van der Waals surface area contributed by atoms with Crippen LogP contribution in [0.3, 0.4) is 0 Å². The van der Waals surface area contributed by atoms with Crippen LogP contribution in [0.4, 0.5) is 5.69 Å². The van der Waals surface area contributed by atoms with Gasteiger partial charge < -0.3 is 4.57 Å². The summed E-state index contributed by atoms with van der Waals surface area (Å²) in [5.74, 6) is -0.862. The molecule has 0 N–H and O–H groups in total. The summed E-state index contributed by atoms with van der Waals surface area (Å²) in [4.78, 5) is 30.2. The van der Waals surface area contributed by atoms with Crippen molar-refractivity contribution in [2.75, 3.05) is 4.90 Å². The summed E-state index contributed by atoms with van der Waals surface area (Å²) in [5.41, 5.74) is 9.03. The molecule has 0 unspecified atom stereocenters. The Hall–Kier alpha value is -8.56. The number of carbonyl (C=O) groups is 2. The van der Waals surface area contributed by atoms with Crippen molar-refractivity contribution < 1.29 is 9.59 Å². The number of rotatable bonds is 5. The van der Waals surface area contributed by atoms with Gasteiger partial charge in [-0.1, -0.05) is 66.7 Å². The maximum absolute atomic E-state index is 14.7. The molecular formula is C48H24N6O2. The van der Waals surface area contributed by atoms with Gasteiger partial charge in [0.1, 0.15) is 0 Å². The Kier molecular flexibility index (Phi) is 7.81. The van der Waals surface area contributed by atoms with E-state index in [-0.39, 0.29) is 11.1 Å². The van der Waals surface area contributed by atoms with Crippen LogP contribution in [0.1, 0.15) is 43.0 Å². The van der Waals surface area contributed by atoms with Gasteiger partial charge in [-0.25, -0.2) is 4.90 Å². The zero-order valence-corrected chi connectivity index (χ0v) is 29.4. The lowest BCUT2D eigenvalue weighted by atomic mass is 9.97. The van der Waals surface area contributed by atoms with E-state index in [0.717, 1.165) is 44.1 Å². The Morgan fingerprint density at radius 1 is 0.393 bits per heavy atom. The third-order valence-corrected chi connectivity index (χ3v) is 10.2. The van der Waals surface area contributed by atoms with Crippen LogP contribution < -0.4 is 4.90 Å². The first-order chi connectivity index (χ1) is 27.4. The summed E-state index contributed by atoms with van der Waals surface area (Å²) in [7, 11) is 0. The Morgan fingerprint density at radius 3 is 1.41 bits per heavy atom. The second-order valence-electron chi connectivity index (χ2n) is 13.4. The number of benzene rings is 7. The van der Waals surface area contributed by atoms with E-state index in [2.05, 4.69) is 24.3 Å². The number of nitriles is 4. The van der Waals surface area contributed by atoms with Gasteiger partial charge in [-0.05, 0) is 107 Å². The number of imide groups is 1. The van der Waals surface area contributed by atoms with Crippen molar-refractivity contribution in [3.8, 4) is 63.3 Å². The predicted molar refractivity (Wildman–Crippen MR) is 214 cm³/mol. The molecule has 0 fully saturated rings. The zero-order valence-electron chi connectivity index (χ0n) is 29.4. The zero-order chi connectivity index (χ0) is 38.5. The van der Waals surface area contributed by atoms with Crippen LogP contribution in [-0.4, -0.2) is 16.4 Å². The molecule has 0 saturated heterocycles. The summed E-state index contributed by atoms with van der Waals surface area (Å²) in [5, 5.41) is 40.4. The molecule has 2 heterocycles. The fourth-order valence-corrected chi connectivity index (χ4v) is 7.69. The third-order valence-electron chi connectivity index (χ3n) is 10.2. The lowest BCUT2D eigenvalue weighted by Crippen LogP contribution is -2.30. The fourth-order valence-electron chi connectivity index (χ4n) is 7.69.